The van der Waals surface area contributed by atoms with Crippen LogP contribution in [-0.4, -0.2) is 32.7 Å². The van der Waals surface area contributed by atoms with Gasteiger partial charge in [-0.25, -0.2) is 4.21 Å². The molecule has 1 aliphatic heterocycles. The first-order chi connectivity index (χ1) is 9.18. The van der Waals surface area contributed by atoms with Gasteiger partial charge in [-0.2, -0.15) is 0 Å². The van der Waals surface area contributed by atoms with Crippen molar-refractivity contribution in [3.8, 4) is 0 Å². The van der Waals surface area contributed by atoms with Crippen molar-refractivity contribution in [3.05, 3.63) is 42.0 Å². The lowest BCUT2D eigenvalue weighted by molar-refractivity contribution is -0.126. The molecule has 102 valence electrons. The van der Waals surface area contributed by atoms with Crippen LogP contribution in [0.4, 0.5) is 0 Å². The smallest absolute Gasteiger partial charge is 0.247 e. The number of benzene rings is 1. The van der Waals surface area contributed by atoms with Crippen molar-refractivity contribution in [3.63, 3.8) is 0 Å². The van der Waals surface area contributed by atoms with Crippen LogP contribution < -0.4 is 0 Å². The molecule has 1 unspecified atom stereocenters. The molecule has 0 aliphatic carbocycles. The van der Waals surface area contributed by atoms with E-state index in [0.717, 1.165) is 32.4 Å². The van der Waals surface area contributed by atoms with Crippen LogP contribution in [0.1, 0.15) is 24.8 Å². The highest BCUT2D eigenvalue weighted by Crippen LogP contribution is 2.18. The molecular weight excluding hydrogens is 262 g/mol. The number of likely N-dealkylation sites (tertiary alicyclic amines) is 1. The number of rotatable bonds is 3. The van der Waals surface area contributed by atoms with Crippen molar-refractivity contribution in [2.75, 3.05) is 13.1 Å². The van der Waals surface area contributed by atoms with Gasteiger partial charge in [-0.3, -0.25) is 4.79 Å². The van der Waals surface area contributed by atoms with E-state index >= 15 is 0 Å². The summed E-state index contributed by atoms with van der Waals surface area (Å²) in [6.07, 6.45) is 4.44. The molecule has 1 saturated heterocycles. The van der Waals surface area contributed by atoms with Crippen molar-refractivity contribution >= 4 is 21.9 Å². The third-order valence-electron chi connectivity index (χ3n) is 3.17. The predicted molar refractivity (Wildman–Crippen MR) is 75.6 cm³/mol. The van der Waals surface area contributed by atoms with Gasteiger partial charge in [0, 0.05) is 19.2 Å². The first kappa shape index (κ1) is 14.0. The molecule has 0 aromatic heterocycles. The zero-order valence-corrected chi connectivity index (χ0v) is 11.4. The molecule has 1 atom stereocenters. The van der Waals surface area contributed by atoms with Crippen LogP contribution in [0.3, 0.4) is 0 Å². The molecule has 1 amide bonds. The zero-order valence-electron chi connectivity index (χ0n) is 10.6. The monoisotopic (exact) mass is 279 g/mol. The first-order valence-electron chi connectivity index (χ1n) is 6.35. The maximum atomic E-state index is 12.1. The molecule has 19 heavy (non-hydrogen) atoms. The lowest BCUT2D eigenvalue weighted by atomic mass is 10.1. The second-order valence-electron chi connectivity index (χ2n) is 4.51. The molecule has 4 nitrogen and oxygen atoms in total. The first-order valence-corrected chi connectivity index (χ1v) is 7.46. The van der Waals surface area contributed by atoms with E-state index in [1.807, 2.05) is 6.07 Å². The van der Waals surface area contributed by atoms with Gasteiger partial charge in [0.2, 0.25) is 5.91 Å². The van der Waals surface area contributed by atoms with Crippen molar-refractivity contribution in [1.82, 2.24) is 4.90 Å². The molecule has 1 aromatic rings. The van der Waals surface area contributed by atoms with Crippen LogP contribution in [0.2, 0.25) is 0 Å². The molecule has 1 aliphatic rings. The fraction of sp³-hybridized carbons (Fsp3) is 0.357. The molecule has 1 N–H and O–H groups in total. The number of nitrogens with zero attached hydrogens (tertiary/aromatic N) is 1. The number of hydrogen-bond donors (Lipinski definition) is 1. The Balaban J connectivity index is 2.21. The molecular formula is C14H17NO3S. The topological polar surface area (TPSA) is 57.6 Å². The fourth-order valence-corrected chi connectivity index (χ4v) is 2.69. The van der Waals surface area contributed by atoms with Gasteiger partial charge < -0.3 is 9.45 Å². The van der Waals surface area contributed by atoms with Crippen LogP contribution in [0.5, 0.6) is 0 Å². The molecule has 1 aromatic carbocycles. The average molecular weight is 279 g/mol. The summed E-state index contributed by atoms with van der Waals surface area (Å²) in [4.78, 5) is 14.0. The van der Waals surface area contributed by atoms with E-state index in [0.29, 0.717) is 5.56 Å². The minimum atomic E-state index is -2.17. The highest BCUT2D eigenvalue weighted by molar-refractivity contribution is 7.89. The van der Waals surface area contributed by atoms with E-state index in [2.05, 4.69) is 0 Å². The maximum Gasteiger partial charge on any atom is 0.247 e. The third kappa shape index (κ3) is 3.75. The van der Waals surface area contributed by atoms with Crippen molar-refractivity contribution in [1.29, 1.82) is 0 Å². The number of carbonyl (C=O) groups is 1. The molecule has 0 saturated carbocycles. The van der Waals surface area contributed by atoms with E-state index in [-0.39, 0.29) is 10.8 Å². The largest absolute Gasteiger partial charge is 0.339 e. The fourth-order valence-electron chi connectivity index (χ4n) is 2.15. The van der Waals surface area contributed by atoms with Crippen molar-refractivity contribution in [2.24, 2.45) is 0 Å². The van der Waals surface area contributed by atoms with E-state index in [4.69, 9.17) is 0 Å². The lowest BCUT2D eigenvalue weighted by Crippen LogP contribution is -2.34. The van der Waals surface area contributed by atoms with E-state index < -0.39 is 11.1 Å². The quantitative estimate of drug-likeness (QED) is 0.682. The summed E-state index contributed by atoms with van der Waals surface area (Å²) in [5, 5.41) is 0. The SMILES string of the molecule is O=C(/C=C(/c1ccccc1)S(=O)O)N1CCCCC1. The Morgan fingerprint density at radius 2 is 1.79 bits per heavy atom. The summed E-state index contributed by atoms with van der Waals surface area (Å²) in [6.45, 7) is 1.46. The molecule has 0 spiro atoms. The molecule has 2 rings (SSSR count). The van der Waals surface area contributed by atoms with E-state index in [1.54, 1.807) is 29.2 Å². The van der Waals surface area contributed by atoms with Gasteiger partial charge in [0.05, 0.1) is 4.91 Å². The van der Waals surface area contributed by atoms with Crippen molar-refractivity contribution in [2.45, 2.75) is 19.3 Å². The van der Waals surface area contributed by atoms with Crippen LogP contribution in [0.15, 0.2) is 36.4 Å². The van der Waals surface area contributed by atoms with Gasteiger partial charge in [0.25, 0.3) is 0 Å². The van der Waals surface area contributed by atoms with Crippen molar-refractivity contribution < 1.29 is 13.6 Å². The third-order valence-corrected chi connectivity index (χ3v) is 3.90. The lowest BCUT2D eigenvalue weighted by Gasteiger charge is -2.25. The minimum Gasteiger partial charge on any atom is -0.339 e. The standard InChI is InChI=1S/C14H17NO3S/c16-14(15-9-5-2-6-10-15)11-13(19(17)18)12-7-3-1-4-8-12/h1,3-4,7-8,11H,2,5-6,9-10H2,(H,17,18)/b13-11-. The van der Waals surface area contributed by atoms with E-state index in [1.165, 1.54) is 6.08 Å². The highest BCUT2D eigenvalue weighted by Gasteiger charge is 2.17. The molecule has 1 heterocycles. The Kier molecular flexibility index (Phi) is 4.87. The zero-order chi connectivity index (χ0) is 13.7. The average Bonchev–Trinajstić information content (AvgIpc) is 2.46. The molecule has 0 bridgehead atoms. The van der Waals surface area contributed by atoms with Crippen LogP contribution >= 0.6 is 0 Å². The molecule has 0 radical (unpaired) electrons. The number of carbonyl (C=O) groups excluding carboxylic acids is 1. The molecule has 1 fully saturated rings. The summed E-state index contributed by atoms with van der Waals surface area (Å²) < 4.78 is 20.7. The van der Waals surface area contributed by atoms with Gasteiger partial charge >= 0.3 is 0 Å². The minimum absolute atomic E-state index is 0.163. The second kappa shape index (κ2) is 6.63. The Hall–Kier alpha value is -1.46. The molecule has 5 heteroatoms. The highest BCUT2D eigenvalue weighted by atomic mass is 32.2. The number of piperidine rings is 1. The summed E-state index contributed by atoms with van der Waals surface area (Å²) in [5.41, 5.74) is 0.605. The Morgan fingerprint density at radius 1 is 1.16 bits per heavy atom. The van der Waals surface area contributed by atoms with Crippen LogP contribution in [0.25, 0.3) is 4.91 Å². The Bertz CT molecular complexity index is 493. The van der Waals surface area contributed by atoms with Crippen LogP contribution in [-0.2, 0) is 15.9 Å². The second-order valence-corrected chi connectivity index (χ2v) is 5.45. The summed E-state index contributed by atoms with van der Waals surface area (Å²) >= 11 is -2.17. The van der Waals surface area contributed by atoms with Gasteiger partial charge in [-0.1, -0.05) is 30.3 Å². The summed E-state index contributed by atoms with van der Waals surface area (Å²) in [6, 6.07) is 8.84. The van der Waals surface area contributed by atoms with Gasteiger partial charge in [-0.15, -0.1) is 0 Å². The summed E-state index contributed by atoms with van der Waals surface area (Å²) in [5.74, 6) is -0.180. The summed E-state index contributed by atoms with van der Waals surface area (Å²) in [7, 11) is 0. The number of hydrogen-bond acceptors (Lipinski definition) is 2. The normalized spacial score (nSPS) is 18.2. The van der Waals surface area contributed by atoms with E-state index in [9.17, 15) is 13.6 Å². The van der Waals surface area contributed by atoms with Crippen LogP contribution in [0, 0.1) is 0 Å². The van der Waals surface area contributed by atoms with Gasteiger partial charge in [0.15, 0.2) is 11.1 Å². The Labute approximate surface area is 115 Å². The van der Waals surface area contributed by atoms with Gasteiger partial charge in [0.1, 0.15) is 0 Å². The van der Waals surface area contributed by atoms with Gasteiger partial charge in [-0.05, 0) is 24.8 Å². The Morgan fingerprint density at radius 3 is 2.37 bits per heavy atom. The maximum absolute atomic E-state index is 12.1. The number of amides is 1. The predicted octanol–water partition coefficient (Wildman–Crippen LogP) is 2.26.